The Bertz CT molecular complexity index is 489. The predicted molar refractivity (Wildman–Crippen MR) is 131 cm³/mol. The molecule has 0 radical (unpaired) electrons. The molecule has 2 unspecified atom stereocenters. The molecule has 0 amide bonds. The predicted octanol–water partition coefficient (Wildman–Crippen LogP) is 6.34. The molecule has 1 N–H and O–H groups in total. The summed E-state index contributed by atoms with van der Waals surface area (Å²) >= 11 is 0. The lowest BCUT2D eigenvalue weighted by Crippen LogP contribution is -2.19. The van der Waals surface area contributed by atoms with Crippen LogP contribution in [0.5, 0.6) is 0 Å². The van der Waals surface area contributed by atoms with Crippen molar-refractivity contribution in [3.8, 4) is 0 Å². The third-order valence-corrected chi connectivity index (χ3v) is 6.31. The van der Waals surface area contributed by atoms with Crippen molar-refractivity contribution in [2.24, 2.45) is 5.92 Å². The molecule has 0 aromatic rings. The number of rotatable bonds is 23. The Hall–Kier alpha value is -0.460. The molecule has 8 heteroatoms. The van der Waals surface area contributed by atoms with Crippen LogP contribution in [0.15, 0.2) is 0 Å². The standard InChI is InChI=1S/C24H50NO6P/c1-5-6-7-8-9-10-11-12-13-14-15-16-17-18-24(26)29-21-23(2)22-31-32(27,28)30-20-19-25(3)4/h23H,5-22H2,1-4H3,(H,27,28). The second-order valence-corrected chi connectivity index (χ2v) is 10.6. The number of esters is 1. The molecule has 0 fully saturated rings. The van der Waals surface area contributed by atoms with Crippen LogP contribution in [0.3, 0.4) is 0 Å². The normalized spacial score (nSPS) is 14.4. The van der Waals surface area contributed by atoms with Crippen LogP contribution in [0.1, 0.15) is 104 Å². The molecule has 0 rings (SSSR count). The van der Waals surface area contributed by atoms with Crippen molar-refractivity contribution in [3.05, 3.63) is 0 Å². The van der Waals surface area contributed by atoms with Gasteiger partial charge in [0.1, 0.15) is 0 Å². The maximum absolute atomic E-state index is 11.9. The van der Waals surface area contributed by atoms with Gasteiger partial charge in [-0.05, 0) is 20.5 Å². The number of phosphoric ester groups is 1. The molecule has 0 spiro atoms. The van der Waals surface area contributed by atoms with Gasteiger partial charge >= 0.3 is 13.8 Å². The van der Waals surface area contributed by atoms with E-state index >= 15 is 0 Å². The van der Waals surface area contributed by atoms with E-state index in [2.05, 4.69) is 6.92 Å². The fourth-order valence-corrected chi connectivity index (χ4v) is 4.07. The molecule has 0 bridgehead atoms. The average molecular weight is 480 g/mol. The summed E-state index contributed by atoms with van der Waals surface area (Å²) in [6.07, 6.45) is 17.0. The van der Waals surface area contributed by atoms with Crippen molar-refractivity contribution in [3.63, 3.8) is 0 Å². The molecule has 7 nitrogen and oxygen atoms in total. The highest BCUT2D eigenvalue weighted by Gasteiger charge is 2.22. The first-order chi connectivity index (χ1) is 15.3. The Kier molecular flexibility index (Phi) is 20.8. The molecule has 0 aromatic heterocycles. The maximum Gasteiger partial charge on any atom is 0.472 e. The van der Waals surface area contributed by atoms with Gasteiger partial charge in [0.05, 0.1) is 19.8 Å². The van der Waals surface area contributed by atoms with Crippen LogP contribution in [0.4, 0.5) is 0 Å². The van der Waals surface area contributed by atoms with E-state index in [1.807, 2.05) is 19.0 Å². The molecule has 32 heavy (non-hydrogen) atoms. The third kappa shape index (κ3) is 22.7. The summed E-state index contributed by atoms with van der Waals surface area (Å²) in [5.74, 6) is -0.391. The Balaban J connectivity index is 3.52. The summed E-state index contributed by atoms with van der Waals surface area (Å²) in [5, 5.41) is 0. The van der Waals surface area contributed by atoms with Crippen molar-refractivity contribution in [1.29, 1.82) is 0 Å². The zero-order chi connectivity index (χ0) is 24.1. The minimum atomic E-state index is -4.06. The lowest BCUT2D eigenvalue weighted by atomic mass is 10.0. The zero-order valence-electron chi connectivity index (χ0n) is 21.2. The zero-order valence-corrected chi connectivity index (χ0v) is 22.1. The van der Waals surface area contributed by atoms with E-state index in [9.17, 15) is 14.3 Å². The van der Waals surface area contributed by atoms with Crippen LogP contribution >= 0.6 is 7.82 Å². The highest BCUT2D eigenvalue weighted by Crippen LogP contribution is 2.43. The average Bonchev–Trinajstić information content (AvgIpc) is 2.73. The van der Waals surface area contributed by atoms with Crippen molar-refractivity contribution in [2.75, 3.05) is 40.5 Å². The molecule has 0 aliphatic rings. The molecule has 0 aromatic carbocycles. The van der Waals surface area contributed by atoms with E-state index in [4.69, 9.17) is 13.8 Å². The van der Waals surface area contributed by atoms with Gasteiger partial charge in [-0.15, -0.1) is 0 Å². The Morgan fingerprint density at radius 1 is 0.844 bits per heavy atom. The fraction of sp³-hybridized carbons (Fsp3) is 0.958. The molecule has 0 saturated heterocycles. The summed E-state index contributed by atoms with van der Waals surface area (Å²) < 4.78 is 26.9. The van der Waals surface area contributed by atoms with Gasteiger partial charge < -0.3 is 14.5 Å². The number of hydrogen-bond donors (Lipinski definition) is 1. The first-order valence-electron chi connectivity index (χ1n) is 12.7. The van der Waals surface area contributed by atoms with Gasteiger partial charge in [0.25, 0.3) is 0 Å². The monoisotopic (exact) mass is 479 g/mol. The molecule has 0 saturated carbocycles. The number of ether oxygens (including phenoxy) is 1. The van der Waals surface area contributed by atoms with E-state index in [0.717, 1.165) is 12.8 Å². The highest BCUT2D eigenvalue weighted by molar-refractivity contribution is 7.47. The smallest absolute Gasteiger partial charge is 0.465 e. The summed E-state index contributed by atoms with van der Waals surface area (Å²) in [6, 6.07) is 0. The van der Waals surface area contributed by atoms with Crippen LogP contribution in [0, 0.1) is 5.92 Å². The summed E-state index contributed by atoms with van der Waals surface area (Å²) in [7, 11) is -0.365. The minimum Gasteiger partial charge on any atom is -0.465 e. The van der Waals surface area contributed by atoms with Gasteiger partial charge in [-0.3, -0.25) is 13.8 Å². The summed E-state index contributed by atoms with van der Waals surface area (Å²) in [6.45, 7) is 4.88. The summed E-state index contributed by atoms with van der Waals surface area (Å²) in [5.41, 5.74) is 0. The van der Waals surface area contributed by atoms with E-state index in [-0.39, 0.29) is 31.7 Å². The van der Waals surface area contributed by atoms with Crippen LogP contribution in [-0.4, -0.2) is 56.2 Å². The second kappa shape index (κ2) is 21.1. The number of hydrogen-bond acceptors (Lipinski definition) is 6. The Morgan fingerprint density at radius 3 is 1.84 bits per heavy atom. The third-order valence-electron chi connectivity index (χ3n) is 5.33. The van der Waals surface area contributed by atoms with Gasteiger partial charge in [0, 0.05) is 18.9 Å². The van der Waals surface area contributed by atoms with E-state index < -0.39 is 7.82 Å². The molecule has 0 heterocycles. The van der Waals surface area contributed by atoms with Crippen molar-refractivity contribution < 1.29 is 28.0 Å². The van der Waals surface area contributed by atoms with Crippen LogP contribution in [0.2, 0.25) is 0 Å². The lowest BCUT2D eigenvalue weighted by Gasteiger charge is -2.17. The van der Waals surface area contributed by atoms with Gasteiger partial charge in [0.15, 0.2) is 0 Å². The molecular formula is C24H50NO6P. The molecule has 0 aliphatic carbocycles. The number of carbonyl (C=O) groups excluding carboxylic acids is 1. The van der Waals surface area contributed by atoms with Crippen molar-refractivity contribution >= 4 is 13.8 Å². The Morgan fingerprint density at radius 2 is 1.34 bits per heavy atom. The van der Waals surface area contributed by atoms with Crippen LogP contribution < -0.4 is 0 Å². The number of nitrogens with zero attached hydrogens (tertiary/aromatic N) is 1. The fourth-order valence-electron chi connectivity index (χ4n) is 3.24. The molecular weight excluding hydrogens is 429 g/mol. The molecule has 0 aliphatic heterocycles. The minimum absolute atomic E-state index is 0.00175. The number of unbranched alkanes of at least 4 members (excludes halogenated alkanes) is 12. The maximum atomic E-state index is 11.9. The molecule has 192 valence electrons. The SMILES string of the molecule is CCCCCCCCCCCCCCCC(=O)OCC(C)COP(=O)(O)OCCN(C)C. The van der Waals surface area contributed by atoms with Crippen LogP contribution in [-0.2, 0) is 23.1 Å². The van der Waals surface area contributed by atoms with Crippen molar-refractivity contribution in [2.45, 2.75) is 104 Å². The van der Waals surface area contributed by atoms with Gasteiger partial charge in [-0.25, -0.2) is 4.57 Å². The highest BCUT2D eigenvalue weighted by atomic mass is 31.2. The number of phosphoric acid groups is 1. The van der Waals surface area contributed by atoms with E-state index in [1.54, 1.807) is 6.92 Å². The van der Waals surface area contributed by atoms with Crippen molar-refractivity contribution in [1.82, 2.24) is 4.90 Å². The first kappa shape index (κ1) is 31.5. The number of carbonyl (C=O) groups is 1. The second-order valence-electron chi connectivity index (χ2n) is 9.18. The van der Waals surface area contributed by atoms with Gasteiger partial charge in [-0.1, -0.05) is 90.9 Å². The topological polar surface area (TPSA) is 85.3 Å². The largest absolute Gasteiger partial charge is 0.472 e. The molecule has 2 atom stereocenters. The quantitative estimate of drug-likeness (QED) is 0.104. The van der Waals surface area contributed by atoms with E-state index in [0.29, 0.717) is 13.0 Å². The van der Waals surface area contributed by atoms with Crippen LogP contribution in [0.25, 0.3) is 0 Å². The Labute approximate surface area is 197 Å². The first-order valence-corrected chi connectivity index (χ1v) is 14.2. The summed E-state index contributed by atoms with van der Waals surface area (Å²) in [4.78, 5) is 23.3. The number of likely N-dealkylation sites (N-methyl/N-ethyl adjacent to an activating group) is 1. The van der Waals surface area contributed by atoms with E-state index in [1.165, 1.54) is 70.6 Å². The van der Waals surface area contributed by atoms with Gasteiger partial charge in [0.2, 0.25) is 0 Å². The lowest BCUT2D eigenvalue weighted by molar-refractivity contribution is -0.145. The van der Waals surface area contributed by atoms with Gasteiger partial charge in [-0.2, -0.15) is 0 Å².